The highest BCUT2D eigenvalue weighted by atomic mass is 32.2. The van der Waals surface area contributed by atoms with E-state index < -0.39 is 10.0 Å². The summed E-state index contributed by atoms with van der Waals surface area (Å²) in [5.41, 5.74) is -0.274. The standard InChI is InChI=1S/C14H27NO4S/c15-20(16,17)12-14(6-3-1-2-4-7-14)11-19-10-13-5-8-18-9-13/h13H,1-12H2,(H2,15,16,17). The summed E-state index contributed by atoms with van der Waals surface area (Å²) >= 11 is 0. The van der Waals surface area contributed by atoms with Crippen molar-refractivity contribution in [3.8, 4) is 0 Å². The van der Waals surface area contributed by atoms with E-state index in [9.17, 15) is 8.42 Å². The average Bonchev–Trinajstić information content (AvgIpc) is 2.75. The van der Waals surface area contributed by atoms with Gasteiger partial charge in [-0.15, -0.1) is 0 Å². The molecule has 5 nitrogen and oxygen atoms in total. The zero-order valence-electron chi connectivity index (χ0n) is 12.2. The van der Waals surface area contributed by atoms with Crippen LogP contribution in [0.2, 0.25) is 0 Å². The minimum absolute atomic E-state index is 0.0567. The largest absolute Gasteiger partial charge is 0.381 e. The molecule has 0 spiro atoms. The van der Waals surface area contributed by atoms with Crippen LogP contribution in [0, 0.1) is 11.3 Å². The van der Waals surface area contributed by atoms with E-state index in [-0.39, 0.29) is 11.2 Å². The first-order chi connectivity index (χ1) is 9.49. The molecular weight excluding hydrogens is 278 g/mol. The van der Waals surface area contributed by atoms with Crippen LogP contribution in [0.1, 0.15) is 44.9 Å². The average molecular weight is 305 g/mol. The van der Waals surface area contributed by atoms with E-state index in [4.69, 9.17) is 14.6 Å². The predicted octanol–water partition coefficient (Wildman–Crippen LogP) is 1.67. The Labute approximate surface area is 122 Å². The van der Waals surface area contributed by atoms with Gasteiger partial charge < -0.3 is 9.47 Å². The van der Waals surface area contributed by atoms with Gasteiger partial charge in [0.15, 0.2) is 0 Å². The van der Waals surface area contributed by atoms with E-state index in [1.165, 1.54) is 12.8 Å². The van der Waals surface area contributed by atoms with Gasteiger partial charge in [-0.3, -0.25) is 0 Å². The highest BCUT2D eigenvalue weighted by Crippen LogP contribution is 2.36. The summed E-state index contributed by atoms with van der Waals surface area (Å²) in [6.45, 7) is 2.77. The monoisotopic (exact) mass is 305 g/mol. The molecule has 1 saturated carbocycles. The van der Waals surface area contributed by atoms with Crippen molar-refractivity contribution in [2.24, 2.45) is 16.5 Å². The number of ether oxygens (including phenoxy) is 2. The lowest BCUT2D eigenvalue weighted by atomic mass is 9.83. The minimum Gasteiger partial charge on any atom is -0.381 e. The second-order valence-corrected chi connectivity index (χ2v) is 8.08. The Morgan fingerprint density at radius 2 is 1.90 bits per heavy atom. The van der Waals surface area contributed by atoms with Crippen LogP contribution < -0.4 is 5.14 Å². The Morgan fingerprint density at radius 1 is 1.20 bits per heavy atom. The Hall–Kier alpha value is -0.170. The molecule has 0 aromatic rings. The zero-order valence-corrected chi connectivity index (χ0v) is 13.0. The quantitative estimate of drug-likeness (QED) is 0.757. The summed E-state index contributed by atoms with van der Waals surface area (Å²) in [4.78, 5) is 0. The van der Waals surface area contributed by atoms with E-state index in [2.05, 4.69) is 0 Å². The normalized spacial score (nSPS) is 27.4. The molecule has 2 aliphatic rings. The Bertz CT molecular complexity index is 382. The molecule has 2 N–H and O–H groups in total. The van der Waals surface area contributed by atoms with Gasteiger partial charge in [0.25, 0.3) is 0 Å². The molecule has 0 aromatic heterocycles. The lowest BCUT2D eigenvalue weighted by Gasteiger charge is -2.32. The van der Waals surface area contributed by atoms with Crippen LogP contribution in [0.25, 0.3) is 0 Å². The maximum atomic E-state index is 11.5. The highest BCUT2D eigenvalue weighted by Gasteiger charge is 2.35. The van der Waals surface area contributed by atoms with Crippen molar-refractivity contribution in [1.82, 2.24) is 0 Å². The molecule has 118 valence electrons. The third-order valence-corrected chi connectivity index (χ3v) is 5.47. The molecule has 1 atom stereocenters. The van der Waals surface area contributed by atoms with Gasteiger partial charge in [-0.1, -0.05) is 25.7 Å². The molecule has 0 radical (unpaired) electrons. The van der Waals surface area contributed by atoms with Crippen molar-refractivity contribution in [3.05, 3.63) is 0 Å². The van der Waals surface area contributed by atoms with Crippen LogP contribution in [-0.2, 0) is 19.5 Å². The van der Waals surface area contributed by atoms with Gasteiger partial charge in [0.05, 0.1) is 25.6 Å². The van der Waals surface area contributed by atoms with E-state index >= 15 is 0 Å². The highest BCUT2D eigenvalue weighted by molar-refractivity contribution is 7.89. The van der Waals surface area contributed by atoms with Gasteiger partial charge >= 0.3 is 0 Å². The zero-order chi connectivity index (χ0) is 14.5. The third-order valence-electron chi connectivity index (χ3n) is 4.46. The number of rotatable bonds is 6. The fourth-order valence-corrected chi connectivity index (χ4v) is 4.62. The van der Waals surface area contributed by atoms with Crippen LogP contribution in [-0.4, -0.2) is 40.6 Å². The Balaban J connectivity index is 1.90. The predicted molar refractivity (Wildman–Crippen MR) is 77.9 cm³/mol. The number of primary sulfonamides is 1. The lowest BCUT2D eigenvalue weighted by molar-refractivity contribution is 0.0244. The van der Waals surface area contributed by atoms with Gasteiger partial charge in [-0.2, -0.15) is 0 Å². The maximum Gasteiger partial charge on any atom is 0.209 e. The molecule has 2 fully saturated rings. The molecule has 1 unspecified atom stereocenters. The van der Waals surface area contributed by atoms with Crippen LogP contribution in [0.5, 0.6) is 0 Å². The summed E-state index contributed by atoms with van der Waals surface area (Å²) in [6.07, 6.45) is 7.37. The van der Waals surface area contributed by atoms with Gasteiger partial charge in [0, 0.05) is 17.9 Å². The summed E-state index contributed by atoms with van der Waals surface area (Å²) in [6, 6.07) is 0. The SMILES string of the molecule is NS(=O)(=O)CC1(COCC2CCOC2)CCCCCC1. The fourth-order valence-electron chi connectivity index (χ4n) is 3.39. The van der Waals surface area contributed by atoms with Gasteiger partial charge in [-0.05, 0) is 19.3 Å². The van der Waals surface area contributed by atoms with E-state index in [0.29, 0.717) is 19.1 Å². The molecule has 2 rings (SSSR count). The molecule has 1 aliphatic heterocycles. The van der Waals surface area contributed by atoms with Crippen LogP contribution in [0.3, 0.4) is 0 Å². The fraction of sp³-hybridized carbons (Fsp3) is 1.00. The first-order valence-electron chi connectivity index (χ1n) is 7.65. The summed E-state index contributed by atoms with van der Waals surface area (Å²) in [7, 11) is -3.45. The molecule has 1 saturated heterocycles. The Kier molecular flexibility index (Phi) is 5.84. The van der Waals surface area contributed by atoms with Crippen molar-refractivity contribution in [1.29, 1.82) is 0 Å². The molecule has 6 heteroatoms. The van der Waals surface area contributed by atoms with Crippen molar-refractivity contribution in [2.45, 2.75) is 44.9 Å². The first-order valence-corrected chi connectivity index (χ1v) is 9.37. The molecular formula is C14H27NO4S. The lowest BCUT2D eigenvalue weighted by Crippen LogP contribution is -2.37. The van der Waals surface area contributed by atoms with Crippen LogP contribution in [0.4, 0.5) is 0 Å². The van der Waals surface area contributed by atoms with Crippen LogP contribution in [0.15, 0.2) is 0 Å². The number of hydrogen-bond donors (Lipinski definition) is 1. The first kappa shape index (κ1) is 16.2. The number of nitrogens with two attached hydrogens (primary N) is 1. The molecule has 0 amide bonds. The minimum atomic E-state index is -3.45. The van der Waals surface area contributed by atoms with Crippen LogP contribution >= 0.6 is 0 Å². The van der Waals surface area contributed by atoms with E-state index in [1.807, 2.05) is 0 Å². The Morgan fingerprint density at radius 3 is 2.45 bits per heavy atom. The van der Waals surface area contributed by atoms with E-state index in [0.717, 1.165) is 45.3 Å². The van der Waals surface area contributed by atoms with Gasteiger partial charge in [0.1, 0.15) is 0 Å². The molecule has 1 aliphatic carbocycles. The summed E-state index contributed by atoms with van der Waals surface area (Å²) in [5, 5.41) is 5.29. The second-order valence-electron chi connectivity index (χ2n) is 6.47. The van der Waals surface area contributed by atoms with Crippen molar-refractivity contribution in [3.63, 3.8) is 0 Å². The van der Waals surface area contributed by atoms with Gasteiger partial charge in [-0.25, -0.2) is 13.6 Å². The maximum absolute atomic E-state index is 11.5. The third kappa shape index (κ3) is 5.31. The smallest absolute Gasteiger partial charge is 0.209 e. The van der Waals surface area contributed by atoms with Crippen molar-refractivity contribution < 1.29 is 17.9 Å². The van der Waals surface area contributed by atoms with Crippen molar-refractivity contribution in [2.75, 3.05) is 32.2 Å². The molecule has 20 heavy (non-hydrogen) atoms. The summed E-state index contributed by atoms with van der Waals surface area (Å²) in [5.74, 6) is 0.522. The topological polar surface area (TPSA) is 78.6 Å². The van der Waals surface area contributed by atoms with E-state index in [1.54, 1.807) is 0 Å². The summed E-state index contributed by atoms with van der Waals surface area (Å²) < 4.78 is 34.3. The molecule has 0 aromatic carbocycles. The number of hydrogen-bond acceptors (Lipinski definition) is 4. The van der Waals surface area contributed by atoms with Crippen molar-refractivity contribution >= 4 is 10.0 Å². The second kappa shape index (κ2) is 7.20. The van der Waals surface area contributed by atoms with Gasteiger partial charge in [0.2, 0.25) is 10.0 Å². The molecule has 1 heterocycles. The number of sulfonamides is 1. The molecule has 0 bridgehead atoms.